The van der Waals surface area contributed by atoms with Gasteiger partial charge in [0.25, 0.3) is 11.7 Å². The predicted molar refractivity (Wildman–Crippen MR) is 132 cm³/mol. The molecule has 0 aliphatic carbocycles. The summed E-state index contributed by atoms with van der Waals surface area (Å²) < 4.78 is 11.4. The van der Waals surface area contributed by atoms with Crippen LogP contribution in [-0.4, -0.2) is 67.0 Å². The van der Waals surface area contributed by atoms with Crippen molar-refractivity contribution in [3.8, 4) is 11.5 Å². The summed E-state index contributed by atoms with van der Waals surface area (Å²) >= 11 is 0. The van der Waals surface area contributed by atoms with E-state index in [2.05, 4.69) is 13.8 Å². The van der Waals surface area contributed by atoms with Crippen LogP contribution >= 0.6 is 0 Å². The number of carbonyl (C=O) groups excluding carboxylic acids is 2. The number of likely N-dealkylation sites (N-methyl/N-ethyl adjacent to an activating group) is 1. The first-order chi connectivity index (χ1) is 16.2. The van der Waals surface area contributed by atoms with E-state index in [0.717, 1.165) is 0 Å². The van der Waals surface area contributed by atoms with Crippen LogP contribution in [0, 0.1) is 5.92 Å². The number of benzene rings is 2. The summed E-state index contributed by atoms with van der Waals surface area (Å²) in [5.74, 6) is 0.199. The maximum absolute atomic E-state index is 13.1. The Morgan fingerprint density at radius 1 is 1.06 bits per heavy atom. The number of rotatable bonds is 10. The second-order valence-corrected chi connectivity index (χ2v) is 9.03. The number of ether oxygens (including phenoxy) is 2. The molecule has 3 rings (SSSR count). The summed E-state index contributed by atoms with van der Waals surface area (Å²) in [6.45, 7) is 8.03. The third kappa shape index (κ3) is 5.78. The Morgan fingerprint density at radius 3 is 2.38 bits per heavy atom. The molecule has 2 aromatic rings. The van der Waals surface area contributed by atoms with Gasteiger partial charge in [-0.3, -0.25) is 9.59 Å². The number of aliphatic hydroxyl groups excluding tert-OH is 1. The van der Waals surface area contributed by atoms with Gasteiger partial charge >= 0.3 is 0 Å². The molecule has 7 nitrogen and oxygen atoms in total. The highest BCUT2D eigenvalue weighted by atomic mass is 16.5. The van der Waals surface area contributed by atoms with Crippen molar-refractivity contribution in [2.75, 3.05) is 40.4 Å². The van der Waals surface area contributed by atoms with Gasteiger partial charge in [-0.25, -0.2) is 0 Å². The summed E-state index contributed by atoms with van der Waals surface area (Å²) in [6.07, 6.45) is 0. The Balaban J connectivity index is 2.04. The number of hydrogen-bond donors (Lipinski definition) is 1. The summed E-state index contributed by atoms with van der Waals surface area (Å²) in [4.78, 5) is 29.6. The van der Waals surface area contributed by atoms with Gasteiger partial charge in [-0.2, -0.15) is 0 Å². The molecular formula is C27H34N2O5. The minimum absolute atomic E-state index is 0.0771. The molecule has 1 fully saturated rings. The smallest absolute Gasteiger partial charge is 0.295 e. The molecule has 0 spiro atoms. The molecule has 1 aliphatic rings. The summed E-state index contributed by atoms with van der Waals surface area (Å²) in [6, 6.07) is 13.5. The molecule has 0 aromatic heterocycles. The van der Waals surface area contributed by atoms with Crippen molar-refractivity contribution in [3.05, 3.63) is 65.2 Å². The lowest BCUT2D eigenvalue weighted by atomic mass is 9.95. The van der Waals surface area contributed by atoms with Gasteiger partial charge in [0.15, 0.2) is 0 Å². The lowest BCUT2D eigenvalue weighted by Crippen LogP contribution is -2.35. The first-order valence-electron chi connectivity index (χ1n) is 11.6. The van der Waals surface area contributed by atoms with Crippen LogP contribution in [0.3, 0.4) is 0 Å². The number of likely N-dealkylation sites (tertiary alicyclic amines) is 1. The topological polar surface area (TPSA) is 79.3 Å². The van der Waals surface area contributed by atoms with Crippen molar-refractivity contribution < 1.29 is 24.2 Å². The number of ketones is 1. The molecule has 1 atom stereocenters. The quantitative estimate of drug-likeness (QED) is 0.323. The summed E-state index contributed by atoms with van der Waals surface area (Å²) in [5, 5.41) is 11.2. The van der Waals surface area contributed by atoms with Crippen LogP contribution in [0.4, 0.5) is 0 Å². The molecule has 34 heavy (non-hydrogen) atoms. The zero-order valence-electron chi connectivity index (χ0n) is 20.6. The van der Waals surface area contributed by atoms with Gasteiger partial charge < -0.3 is 24.4 Å². The summed E-state index contributed by atoms with van der Waals surface area (Å²) in [5.41, 5.74) is 1.24. The van der Waals surface area contributed by atoms with E-state index in [4.69, 9.17) is 9.47 Å². The van der Waals surface area contributed by atoms with Crippen molar-refractivity contribution >= 4 is 17.4 Å². The predicted octanol–water partition coefficient (Wildman–Crippen LogP) is 4.10. The largest absolute Gasteiger partial charge is 0.507 e. The van der Waals surface area contributed by atoms with E-state index in [1.807, 2.05) is 50.2 Å². The molecule has 1 N–H and O–H groups in total. The highest BCUT2D eigenvalue weighted by Crippen LogP contribution is 2.40. The molecule has 0 bridgehead atoms. The van der Waals surface area contributed by atoms with Gasteiger partial charge in [0.05, 0.1) is 24.8 Å². The second kappa shape index (κ2) is 11.2. The van der Waals surface area contributed by atoms with Crippen LogP contribution in [0.1, 0.15) is 37.9 Å². The number of carbonyl (C=O) groups is 2. The van der Waals surface area contributed by atoms with E-state index in [0.29, 0.717) is 54.8 Å². The van der Waals surface area contributed by atoms with E-state index in [9.17, 15) is 14.7 Å². The van der Waals surface area contributed by atoms with Crippen molar-refractivity contribution in [2.45, 2.75) is 26.8 Å². The lowest BCUT2D eigenvalue weighted by molar-refractivity contribution is -0.140. The highest BCUT2D eigenvalue weighted by Gasteiger charge is 2.46. The van der Waals surface area contributed by atoms with Gasteiger partial charge in [-0.15, -0.1) is 0 Å². The van der Waals surface area contributed by atoms with Crippen LogP contribution in [-0.2, 0) is 9.59 Å². The first-order valence-corrected chi connectivity index (χ1v) is 11.6. The molecule has 0 saturated carbocycles. The Labute approximate surface area is 201 Å². The van der Waals surface area contributed by atoms with Crippen molar-refractivity contribution in [1.29, 1.82) is 0 Å². The van der Waals surface area contributed by atoms with E-state index >= 15 is 0 Å². The minimum atomic E-state index is -0.711. The highest BCUT2D eigenvalue weighted by molar-refractivity contribution is 6.46. The van der Waals surface area contributed by atoms with E-state index in [-0.39, 0.29) is 11.3 Å². The maximum atomic E-state index is 13.1. The fraction of sp³-hybridized carbons (Fsp3) is 0.407. The molecule has 7 heteroatoms. The average Bonchev–Trinajstić information content (AvgIpc) is 3.06. The molecule has 1 amide bonds. The van der Waals surface area contributed by atoms with Crippen LogP contribution in [0.25, 0.3) is 5.76 Å². The fourth-order valence-corrected chi connectivity index (χ4v) is 3.83. The summed E-state index contributed by atoms with van der Waals surface area (Å²) in [7, 11) is 3.81. The molecule has 0 radical (unpaired) electrons. The minimum Gasteiger partial charge on any atom is -0.507 e. The third-order valence-corrected chi connectivity index (χ3v) is 5.52. The number of aliphatic hydroxyl groups is 1. The van der Waals surface area contributed by atoms with Gasteiger partial charge in [-0.1, -0.05) is 26.0 Å². The standard InChI is InChI=1S/C27H34N2O5/c1-6-33-22-9-7-8-20(16-22)24-23(26(31)27(32)29(24)15-14-28(4)5)25(30)19-10-12-21(13-11-19)34-17-18(2)3/h7-13,16,18,24,30H,6,14-15,17H2,1-5H3/b25-23-. The molecule has 1 unspecified atom stereocenters. The van der Waals surface area contributed by atoms with Crippen LogP contribution < -0.4 is 9.47 Å². The van der Waals surface area contributed by atoms with Crippen molar-refractivity contribution in [2.24, 2.45) is 5.92 Å². The van der Waals surface area contributed by atoms with Crippen LogP contribution in [0.5, 0.6) is 11.5 Å². The Hall–Kier alpha value is -3.32. The average molecular weight is 467 g/mol. The monoisotopic (exact) mass is 466 g/mol. The van der Waals surface area contributed by atoms with Gasteiger partial charge in [0.1, 0.15) is 17.3 Å². The SMILES string of the molecule is CCOc1cccc(C2/C(=C(/O)c3ccc(OCC(C)C)cc3)C(=O)C(=O)N2CCN(C)C)c1. The number of amides is 1. The van der Waals surface area contributed by atoms with Gasteiger partial charge in [0, 0.05) is 18.7 Å². The molecule has 182 valence electrons. The van der Waals surface area contributed by atoms with E-state index < -0.39 is 17.7 Å². The Bertz CT molecular complexity index is 1040. The maximum Gasteiger partial charge on any atom is 0.295 e. The van der Waals surface area contributed by atoms with Crippen LogP contribution in [0.15, 0.2) is 54.1 Å². The molecule has 2 aromatic carbocycles. The lowest BCUT2D eigenvalue weighted by Gasteiger charge is -2.27. The number of hydrogen-bond acceptors (Lipinski definition) is 6. The zero-order chi connectivity index (χ0) is 24.8. The fourth-order valence-electron chi connectivity index (χ4n) is 3.83. The molecule has 1 heterocycles. The third-order valence-electron chi connectivity index (χ3n) is 5.52. The van der Waals surface area contributed by atoms with Gasteiger partial charge in [-0.05, 0) is 68.9 Å². The van der Waals surface area contributed by atoms with E-state index in [1.165, 1.54) is 4.90 Å². The van der Waals surface area contributed by atoms with Gasteiger partial charge in [0.2, 0.25) is 0 Å². The number of Topliss-reactive ketones (excluding diaryl/α,β-unsaturated/α-hetero) is 1. The normalized spacial score (nSPS) is 17.6. The van der Waals surface area contributed by atoms with E-state index in [1.54, 1.807) is 24.3 Å². The van der Waals surface area contributed by atoms with Crippen molar-refractivity contribution in [3.63, 3.8) is 0 Å². The molecule has 1 saturated heterocycles. The zero-order valence-corrected chi connectivity index (χ0v) is 20.6. The van der Waals surface area contributed by atoms with Crippen molar-refractivity contribution in [1.82, 2.24) is 9.80 Å². The first kappa shape index (κ1) is 25.3. The van der Waals surface area contributed by atoms with Crippen LogP contribution in [0.2, 0.25) is 0 Å². The number of nitrogens with zero attached hydrogens (tertiary/aromatic N) is 2. The molecule has 1 aliphatic heterocycles. The second-order valence-electron chi connectivity index (χ2n) is 9.03. The molecular weight excluding hydrogens is 432 g/mol. The Kier molecular flexibility index (Phi) is 8.34. The Morgan fingerprint density at radius 2 is 1.76 bits per heavy atom.